The fourth-order valence-corrected chi connectivity index (χ4v) is 3.06. The Balaban J connectivity index is 2.11. The van der Waals surface area contributed by atoms with Gasteiger partial charge in [-0.05, 0) is 11.8 Å². The van der Waals surface area contributed by atoms with E-state index in [2.05, 4.69) is 14.7 Å². The van der Waals surface area contributed by atoms with Crippen LogP contribution in [0.5, 0.6) is 0 Å². The van der Waals surface area contributed by atoms with Crippen LogP contribution in [0, 0.1) is 17.5 Å². The molecule has 0 aliphatic carbocycles. The molecule has 0 aliphatic heterocycles. The molecule has 7 nitrogen and oxygen atoms in total. The summed E-state index contributed by atoms with van der Waals surface area (Å²) in [4.78, 5) is 28.9. The van der Waals surface area contributed by atoms with E-state index in [9.17, 15) is 22.8 Å². The van der Waals surface area contributed by atoms with Crippen LogP contribution < -0.4 is 11.4 Å². The minimum absolute atomic E-state index is 0.0491. The average molecular weight is 398 g/mol. The van der Waals surface area contributed by atoms with Gasteiger partial charge in [0.1, 0.15) is 17.8 Å². The molecule has 0 saturated carbocycles. The van der Waals surface area contributed by atoms with Gasteiger partial charge in [-0.1, -0.05) is 23.8 Å². The minimum Gasteiger partial charge on any atom is -0.364 e. The molecule has 2 heterocycles. The number of halogens is 3. The van der Waals surface area contributed by atoms with Crippen LogP contribution in [0.15, 0.2) is 43.7 Å². The molecule has 2 aromatic heterocycles. The summed E-state index contributed by atoms with van der Waals surface area (Å²) in [5.41, 5.74) is -1.51. The van der Waals surface area contributed by atoms with E-state index in [-0.39, 0.29) is 17.3 Å². The van der Waals surface area contributed by atoms with Crippen LogP contribution in [-0.4, -0.2) is 25.0 Å². The summed E-state index contributed by atoms with van der Waals surface area (Å²) in [6, 6.07) is 2.55. The molecule has 3 rings (SSSR count). The number of nitrogens with zero attached hydrogens (tertiary/aromatic N) is 4. The van der Waals surface area contributed by atoms with E-state index < -0.39 is 35.4 Å². The van der Waals surface area contributed by atoms with Crippen molar-refractivity contribution in [3.8, 4) is 0 Å². The van der Waals surface area contributed by atoms with Crippen LogP contribution in [0.2, 0.25) is 0 Å². The molecule has 11 heteroatoms. The third-order valence-electron chi connectivity index (χ3n) is 3.62. The zero-order valence-electron chi connectivity index (χ0n) is 14.0. The van der Waals surface area contributed by atoms with Crippen LogP contribution in [0.3, 0.4) is 0 Å². The van der Waals surface area contributed by atoms with Crippen molar-refractivity contribution in [1.82, 2.24) is 19.3 Å². The van der Waals surface area contributed by atoms with Gasteiger partial charge in [0.25, 0.3) is 0 Å². The maximum Gasteiger partial charge on any atom is 0.354 e. The number of aromatic nitrogens is 4. The molecule has 0 amide bonds. The first-order valence-electron chi connectivity index (χ1n) is 7.77. The fourth-order valence-electron chi connectivity index (χ4n) is 2.36. The molecular formula is C16H13F3N4O3S. The quantitative estimate of drug-likeness (QED) is 0.467. The van der Waals surface area contributed by atoms with Crippen molar-refractivity contribution in [2.75, 3.05) is 5.75 Å². The van der Waals surface area contributed by atoms with E-state index in [1.165, 1.54) is 12.3 Å². The molecule has 0 unspecified atom stereocenters. The van der Waals surface area contributed by atoms with Gasteiger partial charge in [-0.3, -0.25) is 4.57 Å². The first kappa shape index (κ1) is 19.0. The van der Waals surface area contributed by atoms with Gasteiger partial charge in [-0.15, -0.1) is 0 Å². The Morgan fingerprint density at radius 3 is 2.48 bits per heavy atom. The van der Waals surface area contributed by atoms with Gasteiger partial charge in [0.15, 0.2) is 16.8 Å². The maximum absolute atomic E-state index is 14.0. The van der Waals surface area contributed by atoms with E-state index in [4.69, 9.17) is 0 Å². The molecule has 0 N–H and O–H groups in total. The molecule has 0 aliphatic rings. The van der Waals surface area contributed by atoms with E-state index in [0.717, 1.165) is 20.9 Å². The van der Waals surface area contributed by atoms with E-state index >= 15 is 0 Å². The summed E-state index contributed by atoms with van der Waals surface area (Å²) in [7, 11) is 0. The average Bonchev–Trinajstić information content (AvgIpc) is 3.13. The SMILES string of the molecule is CCSc1nc(=O)n(Cc2ccon2)c(=O)n1Cc1cc(F)c(F)cc1F. The van der Waals surface area contributed by atoms with Gasteiger partial charge < -0.3 is 4.52 Å². The summed E-state index contributed by atoms with van der Waals surface area (Å²) in [6.07, 6.45) is 1.28. The molecule has 0 atom stereocenters. The zero-order valence-corrected chi connectivity index (χ0v) is 14.8. The van der Waals surface area contributed by atoms with Crippen LogP contribution in [0.4, 0.5) is 13.2 Å². The number of thioether (sulfide) groups is 1. The lowest BCUT2D eigenvalue weighted by Gasteiger charge is -2.13. The maximum atomic E-state index is 14.0. The Morgan fingerprint density at radius 2 is 1.81 bits per heavy atom. The highest BCUT2D eigenvalue weighted by atomic mass is 32.2. The first-order valence-corrected chi connectivity index (χ1v) is 8.76. The van der Waals surface area contributed by atoms with Gasteiger partial charge >= 0.3 is 11.4 Å². The second kappa shape index (κ2) is 7.82. The summed E-state index contributed by atoms with van der Waals surface area (Å²) >= 11 is 1.09. The van der Waals surface area contributed by atoms with Gasteiger partial charge in [0.05, 0.1) is 13.1 Å². The molecular weight excluding hydrogens is 385 g/mol. The van der Waals surface area contributed by atoms with E-state index in [1.54, 1.807) is 6.92 Å². The molecule has 142 valence electrons. The molecule has 0 saturated heterocycles. The van der Waals surface area contributed by atoms with Gasteiger partial charge in [-0.2, -0.15) is 4.98 Å². The third-order valence-corrected chi connectivity index (χ3v) is 4.48. The van der Waals surface area contributed by atoms with Crippen molar-refractivity contribution >= 4 is 11.8 Å². The van der Waals surface area contributed by atoms with Crippen molar-refractivity contribution in [2.45, 2.75) is 25.2 Å². The highest BCUT2D eigenvalue weighted by Crippen LogP contribution is 2.17. The lowest BCUT2D eigenvalue weighted by molar-refractivity contribution is 0.406. The first-order chi connectivity index (χ1) is 12.9. The monoisotopic (exact) mass is 398 g/mol. The van der Waals surface area contributed by atoms with Crippen molar-refractivity contribution in [1.29, 1.82) is 0 Å². The molecule has 0 bridgehead atoms. The normalized spacial score (nSPS) is 11.1. The fraction of sp³-hybridized carbons (Fsp3) is 0.250. The number of rotatable bonds is 6. The predicted octanol–water partition coefficient (Wildman–Crippen LogP) is 2.02. The standard InChI is InChI=1S/C16H13F3N4O3S/c1-2-27-15-20-14(24)22(8-10-3-4-26-21-10)16(25)23(15)7-9-5-12(18)13(19)6-11(9)17/h3-6H,2,7-8H2,1H3. The predicted molar refractivity (Wildman–Crippen MR) is 90.2 cm³/mol. The Hall–Kier alpha value is -2.82. The molecule has 27 heavy (non-hydrogen) atoms. The minimum atomic E-state index is -1.33. The van der Waals surface area contributed by atoms with Gasteiger partial charge in [0.2, 0.25) is 0 Å². The lowest BCUT2D eigenvalue weighted by Crippen LogP contribution is -2.43. The molecule has 0 spiro atoms. The number of hydrogen-bond donors (Lipinski definition) is 0. The largest absolute Gasteiger partial charge is 0.364 e. The summed E-state index contributed by atoms with van der Waals surface area (Å²) in [5, 5.41) is 3.68. The Bertz CT molecular complexity index is 1080. The Labute approximate surface area is 154 Å². The number of hydrogen-bond acceptors (Lipinski definition) is 6. The van der Waals surface area contributed by atoms with Gasteiger partial charge in [-0.25, -0.2) is 27.3 Å². The molecule has 3 aromatic rings. The van der Waals surface area contributed by atoms with Crippen molar-refractivity contribution in [3.05, 3.63) is 74.1 Å². The summed E-state index contributed by atoms with van der Waals surface area (Å²) in [6.45, 7) is 1.16. The van der Waals surface area contributed by atoms with Crippen molar-refractivity contribution < 1.29 is 17.7 Å². The molecule has 1 aromatic carbocycles. The van der Waals surface area contributed by atoms with E-state index in [1.807, 2.05) is 0 Å². The van der Waals surface area contributed by atoms with E-state index in [0.29, 0.717) is 23.6 Å². The summed E-state index contributed by atoms with van der Waals surface area (Å²) < 4.78 is 47.1. The van der Waals surface area contributed by atoms with Crippen LogP contribution in [-0.2, 0) is 13.1 Å². The highest BCUT2D eigenvalue weighted by Gasteiger charge is 2.17. The zero-order chi connectivity index (χ0) is 19.6. The molecule has 0 radical (unpaired) electrons. The van der Waals surface area contributed by atoms with Crippen LogP contribution >= 0.6 is 11.8 Å². The Morgan fingerprint density at radius 1 is 1.07 bits per heavy atom. The van der Waals surface area contributed by atoms with Crippen molar-refractivity contribution in [3.63, 3.8) is 0 Å². The van der Waals surface area contributed by atoms with Crippen LogP contribution in [0.25, 0.3) is 0 Å². The van der Waals surface area contributed by atoms with Gasteiger partial charge in [0, 0.05) is 17.7 Å². The lowest BCUT2D eigenvalue weighted by atomic mass is 10.2. The number of benzene rings is 1. The van der Waals surface area contributed by atoms with Crippen LogP contribution in [0.1, 0.15) is 18.2 Å². The second-order valence-electron chi connectivity index (χ2n) is 5.41. The second-order valence-corrected chi connectivity index (χ2v) is 6.64. The Kier molecular flexibility index (Phi) is 5.49. The smallest absolute Gasteiger partial charge is 0.354 e. The molecule has 0 fully saturated rings. The van der Waals surface area contributed by atoms with Crippen molar-refractivity contribution in [2.24, 2.45) is 0 Å². The summed E-state index contributed by atoms with van der Waals surface area (Å²) in [5.74, 6) is -3.10. The third kappa shape index (κ3) is 3.97. The topological polar surface area (TPSA) is 82.9 Å². The highest BCUT2D eigenvalue weighted by molar-refractivity contribution is 7.99.